The number of benzene rings is 4. The molecule has 0 bridgehead atoms. The van der Waals surface area contributed by atoms with E-state index in [1.54, 1.807) is 0 Å². The largest absolute Gasteiger partial charge is 0.507 e. The minimum Gasteiger partial charge on any atom is -0.507 e. The highest BCUT2D eigenvalue weighted by molar-refractivity contribution is 5.85. The molecule has 43 heavy (non-hydrogen) atoms. The summed E-state index contributed by atoms with van der Waals surface area (Å²) in [5.74, 6) is 0.255. The highest BCUT2D eigenvalue weighted by Crippen LogP contribution is 2.39. The van der Waals surface area contributed by atoms with Gasteiger partial charge in [-0.25, -0.2) is 9.97 Å². The summed E-state index contributed by atoms with van der Waals surface area (Å²) in [4.78, 5) is 10.2. The molecule has 0 saturated carbocycles. The fraction of sp³-hybridized carbons (Fsp3) is 0.0769. The third kappa shape index (κ3) is 4.77. The first kappa shape index (κ1) is 26.4. The van der Waals surface area contributed by atoms with Crippen LogP contribution in [0.5, 0.6) is 5.75 Å². The van der Waals surface area contributed by atoms with Crippen molar-refractivity contribution in [3.8, 4) is 61.9 Å². The first-order valence-electron chi connectivity index (χ1n) is 14.5. The van der Waals surface area contributed by atoms with Crippen molar-refractivity contribution in [3.63, 3.8) is 0 Å². The molecule has 0 atom stereocenters. The van der Waals surface area contributed by atoms with Gasteiger partial charge < -0.3 is 5.11 Å². The normalized spacial score (nSPS) is 11.2. The van der Waals surface area contributed by atoms with Gasteiger partial charge in [0.25, 0.3) is 0 Å². The summed E-state index contributed by atoms with van der Waals surface area (Å²) in [6.45, 7) is 6.19. The van der Waals surface area contributed by atoms with Gasteiger partial charge in [0.1, 0.15) is 11.4 Å². The van der Waals surface area contributed by atoms with Gasteiger partial charge in [0, 0.05) is 28.5 Å². The average Bonchev–Trinajstić information content (AvgIpc) is 3.42. The highest BCUT2D eigenvalue weighted by Gasteiger charge is 2.18. The van der Waals surface area contributed by atoms with Crippen molar-refractivity contribution >= 4 is 5.65 Å². The summed E-state index contributed by atoms with van der Waals surface area (Å²) < 4.78 is 2.15. The zero-order chi connectivity index (χ0) is 29.5. The van der Waals surface area contributed by atoms with Crippen LogP contribution in [0.2, 0.25) is 0 Å². The molecule has 7 rings (SSSR count). The number of phenols is 1. The van der Waals surface area contributed by atoms with Gasteiger partial charge in [-0.3, -0.25) is 4.40 Å². The molecule has 0 spiro atoms. The zero-order valence-corrected chi connectivity index (χ0v) is 24.4. The van der Waals surface area contributed by atoms with Crippen LogP contribution in [0.25, 0.3) is 61.8 Å². The van der Waals surface area contributed by atoms with Crippen LogP contribution in [0.4, 0.5) is 0 Å². The lowest BCUT2D eigenvalue weighted by atomic mass is 9.93. The Morgan fingerprint density at radius 3 is 2.00 bits per heavy atom. The maximum Gasteiger partial charge on any atom is 0.137 e. The van der Waals surface area contributed by atoms with Gasteiger partial charge >= 0.3 is 0 Å². The fourth-order valence-electron chi connectivity index (χ4n) is 5.99. The number of aromatic nitrogens is 3. The predicted molar refractivity (Wildman–Crippen MR) is 176 cm³/mol. The van der Waals surface area contributed by atoms with Gasteiger partial charge in [0.15, 0.2) is 0 Å². The van der Waals surface area contributed by atoms with Crippen LogP contribution in [0.1, 0.15) is 16.7 Å². The molecule has 0 saturated heterocycles. The maximum absolute atomic E-state index is 11.0. The molecule has 3 aromatic heterocycles. The van der Waals surface area contributed by atoms with Gasteiger partial charge in [-0.1, -0.05) is 84.9 Å². The number of aryl methyl sites for hydroxylation is 3. The molecule has 3 heterocycles. The minimum absolute atomic E-state index is 0.255. The summed E-state index contributed by atoms with van der Waals surface area (Å²) in [5.41, 5.74) is 13.7. The van der Waals surface area contributed by atoms with E-state index in [0.29, 0.717) is 0 Å². The van der Waals surface area contributed by atoms with E-state index in [2.05, 4.69) is 103 Å². The molecule has 0 amide bonds. The average molecular weight is 558 g/mol. The minimum atomic E-state index is 0.255. The van der Waals surface area contributed by atoms with Crippen molar-refractivity contribution in [1.82, 2.24) is 14.4 Å². The van der Waals surface area contributed by atoms with Crippen LogP contribution in [0.15, 0.2) is 128 Å². The van der Waals surface area contributed by atoms with Crippen molar-refractivity contribution < 1.29 is 5.11 Å². The zero-order valence-electron chi connectivity index (χ0n) is 24.4. The Hall–Kier alpha value is -5.48. The summed E-state index contributed by atoms with van der Waals surface area (Å²) in [6.07, 6.45) is 2.06. The van der Waals surface area contributed by atoms with Crippen LogP contribution in [0, 0.1) is 20.8 Å². The Bertz CT molecular complexity index is 2110. The second-order valence-electron chi connectivity index (χ2n) is 11.0. The molecule has 0 aliphatic rings. The molecule has 0 unspecified atom stereocenters. The molecule has 0 fully saturated rings. The lowest BCUT2D eigenvalue weighted by Crippen LogP contribution is -1.95. The van der Waals surface area contributed by atoms with E-state index in [1.165, 1.54) is 16.7 Å². The molecule has 0 radical (unpaired) electrons. The number of hydrogen-bond donors (Lipinski definition) is 1. The van der Waals surface area contributed by atoms with E-state index in [1.807, 2.05) is 49.4 Å². The Morgan fingerprint density at radius 1 is 0.535 bits per heavy atom. The van der Waals surface area contributed by atoms with E-state index in [-0.39, 0.29) is 5.75 Å². The molecule has 4 nitrogen and oxygen atoms in total. The summed E-state index contributed by atoms with van der Waals surface area (Å²) >= 11 is 0. The standard InChI is InChI=1S/C39H31N3O/c1-25-12-9-13-26(2)36(25)31-23-33(40-34(24-31)32-19-10-14-27(3)39(32)43)29-17-11-18-30(22-29)37-38(28-15-5-4-6-16-28)42-21-8-7-20-35(42)41-37/h4-24,43H,1-3H3. The van der Waals surface area contributed by atoms with E-state index in [4.69, 9.17) is 9.97 Å². The Morgan fingerprint density at radius 2 is 1.19 bits per heavy atom. The monoisotopic (exact) mass is 557 g/mol. The molecule has 1 N–H and O–H groups in total. The van der Waals surface area contributed by atoms with Crippen LogP contribution >= 0.6 is 0 Å². The quantitative estimate of drug-likeness (QED) is 0.229. The van der Waals surface area contributed by atoms with E-state index < -0.39 is 0 Å². The predicted octanol–water partition coefficient (Wildman–Crippen LogP) is 9.70. The first-order chi connectivity index (χ1) is 21.0. The molecule has 7 aromatic rings. The number of rotatable bonds is 5. The topological polar surface area (TPSA) is 50.4 Å². The number of para-hydroxylation sites is 1. The van der Waals surface area contributed by atoms with Gasteiger partial charge in [0.2, 0.25) is 0 Å². The van der Waals surface area contributed by atoms with Gasteiger partial charge in [-0.2, -0.15) is 0 Å². The third-order valence-corrected chi connectivity index (χ3v) is 8.12. The Kier molecular flexibility index (Phi) is 6.59. The lowest BCUT2D eigenvalue weighted by molar-refractivity contribution is 0.473. The summed E-state index contributed by atoms with van der Waals surface area (Å²) in [5, 5.41) is 11.0. The van der Waals surface area contributed by atoms with E-state index >= 15 is 0 Å². The SMILES string of the molecule is Cc1cccc(-c2cc(-c3c(C)cccc3C)cc(-c3cccc(-c4nc5ccccn5c4-c4ccccc4)c3)n2)c1O. The number of nitrogens with zero attached hydrogens (tertiary/aromatic N) is 3. The Labute approximate surface area is 251 Å². The third-order valence-electron chi connectivity index (χ3n) is 8.12. The highest BCUT2D eigenvalue weighted by atomic mass is 16.3. The van der Waals surface area contributed by atoms with Crippen molar-refractivity contribution in [1.29, 1.82) is 0 Å². The van der Waals surface area contributed by atoms with Gasteiger partial charge in [0.05, 0.1) is 22.8 Å². The second-order valence-corrected chi connectivity index (χ2v) is 11.0. The molecule has 4 heteroatoms. The van der Waals surface area contributed by atoms with Gasteiger partial charge in [-0.05, 0) is 85.0 Å². The molecule has 4 aromatic carbocycles. The number of pyridine rings is 2. The van der Waals surface area contributed by atoms with Crippen LogP contribution in [0.3, 0.4) is 0 Å². The van der Waals surface area contributed by atoms with E-state index in [9.17, 15) is 5.11 Å². The molecule has 208 valence electrons. The number of phenolic OH excluding ortho intramolecular Hbond substituents is 1. The van der Waals surface area contributed by atoms with Crippen molar-refractivity contribution in [2.45, 2.75) is 20.8 Å². The number of fused-ring (bicyclic) bond motifs is 1. The number of imidazole rings is 1. The molecule has 0 aliphatic heterocycles. The summed E-state index contributed by atoms with van der Waals surface area (Å²) in [6, 6.07) is 41.4. The Balaban J connectivity index is 1.45. The maximum atomic E-state index is 11.0. The van der Waals surface area contributed by atoms with E-state index in [0.717, 1.165) is 61.8 Å². The number of aromatic hydroxyl groups is 1. The smallest absolute Gasteiger partial charge is 0.137 e. The fourth-order valence-corrected chi connectivity index (χ4v) is 5.99. The second kappa shape index (κ2) is 10.7. The van der Waals surface area contributed by atoms with Crippen LogP contribution < -0.4 is 0 Å². The first-order valence-corrected chi connectivity index (χ1v) is 14.5. The van der Waals surface area contributed by atoms with Crippen molar-refractivity contribution in [2.24, 2.45) is 0 Å². The molecule has 0 aliphatic carbocycles. The molecular weight excluding hydrogens is 526 g/mol. The lowest BCUT2D eigenvalue weighted by Gasteiger charge is -2.15. The summed E-state index contributed by atoms with van der Waals surface area (Å²) in [7, 11) is 0. The number of hydrogen-bond acceptors (Lipinski definition) is 3. The molecular formula is C39H31N3O. The van der Waals surface area contributed by atoms with Crippen molar-refractivity contribution in [3.05, 3.63) is 144 Å². The van der Waals surface area contributed by atoms with Crippen LogP contribution in [-0.2, 0) is 0 Å². The van der Waals surface area contributed by atoms with Crippen molar-refractivity contribution in [2.75, 3.05) is 0 Å². The van der Waals surface area contributed by atoms with Gasteiger partial charge in [-0.15, -0.1) is 0 Å². The van der Waals surface area contributed by atoms with Crippen LogP contribution in [-0.4, -0.2) is 19.5 Å².